The maximum atomic E-state index is 3.59. The Morgan fingerprint density at radius 1 is 1.11 bits per heavy atom. The molecule has 0 spiro atoms. The maximum Gasteiger partial charge on any atom is 1.00 e. The Morgan fingerprint density at radius 3 is 1.89 bits per heavy atom. The van der Waals surface area contributed by atoms with E-state index in [0.29, 0.717) is 0 Å². The fraction of sp³-hybridized carbons (Fsp3) is 0.857. The molecular formula is C7H10BrLi. The molecule has 0 saturated heterocycles. The monoisotopic (exact) mass is 180 g/mol. The van der Waals surface area contributed by atoms with E-state index in [4.69, 9.17) is 0 Å². The molecule has 0 N–H and O–H groups in total. The van der Waals surface area contributed by atoms with Gasteiger partial charge in [0.05, 0.1) is 0 Å². The maximum absolute atomic E-state index is 3.59. The molecule has 0 bridgehead atoms. The molecule has 2 rings (SSSR count). The van der Waals surface area contributed by atoms with Crippen LogP contribution in [0.1, 0.15) is 25.7 Å². The zero-order valence-corrected chi connectivity index (χ0v) is 7.45. The SMILES string of the molecule is Br[C-]1[C@H]2CCCC[C@@H]12.[Li+]. The minimum absolute atomic E-state index is 0. The van der Waals surface area contributed by atoms with Crippen molar-refractivity contribution in [2.75, 3.05) is 0 Å². The summed E-state index contributed by atoms with van der Waals surface area (Å²) >= 11 is 3.59. The smallest absolute Gasteiger partial charge is 0.316 e. The van der Waals surface area contributed by atoms with Crippen LogP contribution in [0, 0.1) is 16.7 Å². The molecule has 0 radical (unpaired) electrons. The van der Waals surface area contributed by atoms with Crippen molar-refractivity contribution in [3.05, 3.63) is 4.83 Å². The molecule has 0 heterocycles. The molecule has 2 atom stereocenters. The first-order valence-corrected chi connectivity index (χ1v) is 4.21. The predicted molar refractivity (Wildman–Crippen MR) is 37.6 cm³/mol. The molecule has 2 heteroatoms. The summed E-state index contributed by atoms with van der Waals surface area (Å²) in [4.78, 5) is 1.62. The van der Waals surface area contributed by atoms with Gasteiger partial charge in [-0.2, -0.15) is 11.8 Å². The van der Waals surface area contributed by atoms with Crippen molar-refractivity contribution in [3.63, 3.8) is 0 Å². The van der Waals surface area contributed by atoms with E-state index in [1.807, 2.05) is 0 Å². The Kier molecular flexibility index (Phi) is 2.72. The summed E-state index contributed by atoms with van der Waals surface area (Å²) < 4.78 is 0. The summed E-state index contributed by atoms with van der Waals surface area (Å²) in [5.41, 5.74) is 0. The number of hydrogen-bond donors (Lipinski definition) is 0. The normalized spacial score (nSPS) is 41.0. The van der Waals surface area contributed by atoms with Gasteiger partial charge in [0.15, 0.2) is 0 Å². The van der Waals surface area contributed by atoms with Crippen LogP contribution in [0.3, 0.4) is 0 Å². The first-order chi connectivity index (χ1) is 3.89. The molecule has 9 heavy (non-hydrogen) atoms. The average molecular weight is 181 g/mol. The van der Waals surface area contributed by atoms with Crippen LogP contribution >= 0.6 is 15.9 Å². The van der Waals surface area contributed by atoms with E-state index in [1.54, 1.807) is 4.83 Å². The number of hydrogen-bond acceptors (Lipinski definition) is 0. The molecule has 0 aliphatic heterocycles. The van der Waals surface area contributed by atoms with Crippen LogP contribution in [0.4, 0.5) is 0 Å². The third-order valence-electron chi connectivity index (χ3n) is 2.37. The van der Waals surface area contributed by atoms with Crippen molar-refractivity contribution >= 4 is 15.9 Å². The molecule has 0 nitrogen and oxygen atoms in total. The Balaban J connectivity index is 0.000000405. The fourth-order valence-electron chi connectivity index (χ4n) is 1.75. The van der Waals surface area contributed by atoms with E-state index in [9.17, 15) is 0 Å². The van der Waals surface area contributed by atoms with E-state index in [2.05, 4.69) is 15.9 Å². The molecule has 0 unspecified atom stereocenters. The van der Waals surface area contributed by atoms with Crippen LogP contribution < -0.4 is 18.9 Å². The first-order valence-electron chi connectivity index (χ1n) is 3.42. The van der Waals surface area contributed by atoms with E-state index in [1.165, 1.54) is 25.7 Å². The molecule has 2 aliphatic carbocycles. The second-order valence-electron chi connectivity index (χ2n) is 2.88. The summed E-state index contributed by atoms with van der Waals surface area (Å²) in [6.45, 7) is 0. The van der Waals surface area contributed by atoms with E-state index >= 15 is 0 Å². The van der Waals surface area contributed by atoms with Crippen LogP contribution in [0.15, 0.2) is 0 Å². The van der Waals surface area contributed by atoms with Crippen LogP contribution in [0.5, 0.6) is 0 Å². The predicted octanol–water partition coefficient (Wildman–Crippen LogP) is -0.263. The van der Waals surface area contributed by atoms with Crippen LogP contribution in [0.2, 0.25) is 0 Å². The van der Waals surface area contributed by atoms with Gasteiger partial charge in [0.2, 0.25) is 0 Å². The summed E-state index contributed by atoms with van der Waals surface area (Å²) in [6, 6.07) is 0. The molecule has 46 valence electrons. The molecule has 0 amide bonds. The second kappa shape index (κ2) is 2.99. The minimum atomic E-state index is 0. The van der Waals surface area contributed by atoms with Crippen LogP contribution in [0.25, 0.3) is 0 Å². The van der Waals surface area contributed by atoms with E-state index in [0.717, 1.165) is 11.8 Å². The molecule has 2 aliphatic rings. The largest absolute Gasteiger partial charge is 1.00 e. The fourth-order valence-corrected chi connectivity index (χ4v) is 2.71. The van der Waals surface area contributed by atoms with Gasteiger partial charge in [-0.3, -0.25) is 0 Å². The average Bonchev–Trinajstić information content (AvgIpc) is 2.46. The Bertz CT molecular complexity index is 93.1. The van der Waals surface area contributed by atoms with Crippen molar-refractivity contribution in [1.82, 2.24) is 0 Å². The molecule has 0 aromatic heterocycles. The summed E-state index contributed by atoms with van der Waals surface area (Å²) in [5, 5.41) is 0. The van der Waals surface area contributed by atoms with Gasteiger partial charge in [-0.05, 0) is 0 Å². The Labute approximate surface area is 77.1 Å². The van der Waals surface area contributed by atoms with Gasteiger partial charge >= 0.3 is 18.9 Å². The third-order valence-corrected chi connectivity index (χ3v) is 3.54. The van der Waals surface area contributed by atoms with Crippen molar-refractivity contribution in [2.24, 2.45) is 11.8 Å². The van der Waals surface area contributed by atoms with Gasteiger partial charge in [0.1, 0.15) is 0 Å². The summed E-state index contributed by atoms with van der Waals surface area (Å²) in [7, 11) is 0. The van der Waals surface area contributed by atoms with Gasteiger partial charge in [-0.25, -0.2) is 4.83 Å². The van der Waals surface area contributed by atoms with Crippen LogP contribution in [-0.4, -0.2) is 0 Å². The molecule has 2 fully saturated rings. The molecule has 0 aromatic rings. The van der Waals surface area contributed by atoms with Gasteiger partial charge < -0.3 is 15.9 Å². The topological polar surface area (TPSA) is 0 Å². The summed E-state index contributed by atoms with van der Waals surface area (Å²) in [6.07, 6.45) is 5.86. The summed E-state index contributed by atoms with van der Waals surface area (Å²) in [5.74, 6) is 2.01. The van der Waals surface area contributed by atoms with E-state index in [-0.39, 0.29) is 18.9 Å². The number of halogens is 1. The van der Waals surface area contributed by atoms with E-state index < -0.39 is 0 Å². The van der Waals surface area contributed by atoms with Crippen molar-refractivity contribution < 1.29 is 18.9 Å². The number of fused-ring (bicyclic) bond motifs is 1. The zero-order chi connectivity index (χ0) is 5.56. The molecule has 2 saturated carbocycles. The third kappa shape index (κ3) is 1.39. The quantitative estimate of drug-likeness (QED) is 0.356. The standard InChI is InChI=1S/C7H10Br.Li/c8-7-5-3-1-2-4-6(5)7;/h5-6H,1-4H2;/q-1;+1/t5-,6+;. The van der Waals surface area contributed by atoms with Crippen molar-refractivity contribution in [3.8, 4) is 0 Å². The molecule has 0 aromatic carbocycles. The Hall–Kier alpha value is 1.08. The minimum Gasteiger partial charge on any atom is -0.316 e. The van der Waals surface area contributed by atoms with Gasteiger partial charge in [0, 0.05) is 0 Å². The number of rotatable bonds is 0. The second-order valence-corrected chi connectivity index (χ2v) is 3.80. The van der Waals surface area contributed by atoms with Crippen molar-refractivity contribution in [1.29, 1.82) is 0 Å². The van der Waals surface area contributed by atoms with Crippen LogP contribution in [-0.2, 0) is 0 Å². The first kappa shape index (κ1) is 8.18. The van der Waals surface area contributed by atoms with Gasteiger partial charge in [0.25, 0.3) is 0 Å². The Morgan fingerprint density at radius 2 is 1.56 bits per heavy atom. The van der Waals surface area contributed by atoms with Gasteiger partial charge in [-0.15, -0.1) is 0 Å². The van der Waals surface area contributed by atoms with Crippen molar-refractivity contribution in [2.45, 2.75) is 25.7 Å². The van der Waals surface area contributed by atoms with Gasteiger partial charge in [-0.1, -0.05) is 25.7 Å². The zero-order valence-electron chi connectivity index (χ0n) is 5.86. The molecular weight excluding hydrogens is 171 g/mol.